The summed E-state index contributed by atoms with van der Waals surface area (Å²) in [6.07, 6.45) is 2.19. The summed E-state index contributed by atoms with van der Waals surface area (Å²) in [6.45, 7) is 1.48. The fourth-order valence-corrected chi connectivity index (χ4v) is 2.92. The number of carbonyl (C=O) groups excluding carboxylic acids is 1. The number of amides is 1. The largest absolute Gasteiger partial charge is 0.338 e. The molecular weight excluding hydrogens is 282 g/mol. The highest BCUT2D eigenvalue weighted by atomic mass is 16.2. The summed E-state index contributed by atoms with van der Waals surface area (Å²) < 4.78 is 1.26. The molecule has 2 N–H and O–H groups in total. The first-order valence-corrected chi connectivity index (χ1v) is 7.53. The maximum absolute atomic E-state index is 12.3. The van der Waals surface area contributed by atoms with Crippen LogP contribution in [0.5, 0.6) is 0 Å². The number of hydrogen-bond acceptors (Lipinski definition) is 5. The van der Waals surface area contributed by atoms with Crippen molar-refractivity contribution < 1.29 is 4.79 Å². The summed E-state index contributed by atoms with van der Waals surface area (Å²) in [5.74, 6) is 0.0230. The molecule has 2 aromatic rings. The first-order chi connectivity index (χ1) is 10.7. The number of benzene rings is 1. The average molecular weight is 301 g/mol. The Hall–Kier alpha value is -2.28. The Bertz CT molecular complexity index is 742. The number of fused-ring (bicyclic) bond motifs is 1. The van der Waals surface area contributed by atoms with E-state index in [-0.39, 0.29) is 30.5 Å². The van der Waals surface area contributed by atoms with Crippen molar-refractivity contribution in [3.05, 3.63) is 34.6 Å². The van der Waals surface area contributed by atoms with E-state index >= 15 is 0 Å². The maximum Gasteiger partial charge on any atom is 0.277 e. The molecule has 1 saturated heterocycles. The van der Waals surface area contributed by atoms with Crippen LogP contribution in [0.2, 0.25) is 0 Å². The van der Waals surface area contributed by atoms with Crippen LogP contribution in [-0.4, -0.2) is 44.9 Å². The van der Waals surface area contributed by atoms with Gasteiger partial charge in [-0.15, -0.1) is 5.10 Å². The van der Waals surface area contributed by atoms with Gasteiger partial charge < -0.3 is 10.6 Å². The van der Waals surface area contributed by atoms with Gasteiger partial charge in [0.05, 0.1) is 11.9 Å². The molecule has 22 heavy (non-hydrogen) atoms. The predicted molar refractivity (Wildman–Crippen MR) is 82.2 cm³/mol. The van der Waals surface area contributed by atoms with Crippen LogP contribution in [0.1, 0.15) is 19.3 Å². The van der Waals surface area contributed by atoms with Crippen molar-refractivity contribution in [3.63, 3.8) is 0 Å². The summed E-state index contributed by atoms with van der Waals surface area (Å²) in [5.41, 5.74) is 6.04. The van der Waals surface area contributed by atoms with Crippen LogP contribution >= 0.6 is 0 Å². The highest BCUT2D eigenvalue weighted by Crippen LogP contribution is 2.17. The van der Waals surface area contributed by atoms with Gasteiger partial charge in [-0.25, -0.2) is 4.68 Å². The van der Waals surface area contributed by atoms with E-state index in [2.05, 4.69) is 10.3 Å². The Morgan fingerprint density at radius 1 is 1.36 bits per heavy atom. The van der Waals surface area contributed by atoms with Crippen LogP contribution in [0, 0.1) is 0 Å². The fraction of sp³-hybridized carbons (Fsp3) is 0.467. The van der Waals surface area contributed by atoms with Crippen LogP contribution in [-0.2, 0) is 11.3 Å². The Balaban J connectivity index is 1.73. The summed E-state index contributed by atoms with van der Waals surface area (Å²) >= 11 is 0. The topological polar surface area (TPSA) is 94.1 Å². The second kappa shape index (κ2) is 6.23. The number of nitrogens with two attached hydrogens (primary N) is 1. The van der Waals surface area contributed by atoms with E-state index in [0.717, 1.165) is 19.4 Å². The molecule has 1 aliphatic heterocycles. The van der Waals surface area contributed by atoms with Crippen LogP contribution < -0.4 is 11.3 Å². The second-order valence-corrected chi connectivity index (χ2v) is 5.50. The lowest BCUT2D eigenvalue weighted by Gasteiger charge is -2.23. The number of rotatable bonds is 4. The highest BCUT2D eigenvalue weighted by Gasteiger charge is 2.27. The monoisotopic (exact) mass is 301 g/mol. The van der Waals surface area contributed by atoms with Gasteiger partial charge in [0.1, 0.15) is 5.52 Å². The standard InChI is InChI=1S/C15H19N5O2/c16-10-11-4-3-8-19(11)14(21)7-9-20-15(22)12-5-1-2-6-13(12)17-18-20/h1-2,5-6,11H,3-4,7-10,16H2. The highest BCUT2D eigenvalue weighted by molar-refractivity contribution is 5.77. The quantitative estimate of drug-likeness (QED) is 0.866. The SMILES string of the molecule is NCC1CCCN1C(=O)CCn1nnc2ccccc2c1=O. The third kappa shape index (κ3) is 2.71. The lowest BCUT2D eigenvalue weighted by Crippen LogP contribution is -2.40. The van der Waals surface area contributed by atoms with Gasteiger partial charge in [0.25, 0.3) is 5.56 Å². The molecule has 0 saturated carbocycles. The van der Waals surface area contributed by atoms with Gasteiger partial charge in [0, 0.05) is 25.6 Å². The Morgan fingerprint density at radius 2 is 2.18 bits per heavy atom. The maximum atomic E-state index is 12.3. The van der Waals surface area contributed by atoms with E-state index in [9.17, 15) is 9.59 Å². The third-order valence-electron chi connectivity index (χ3n) is 4.14. The van der Waals surface area contributed by atoms with E-state index in [1.807, 2.05) is 11.0 Å². The molecule has 0 spiro atoms. The van der Waals surface area contributed by atoms with Gasteiger partial charge in [-0.1, -0.05) is 17.3 Å². The van der Waals surface area contributed by atoms with Gasteiger partial charge in [-0.2, -0.15) is 0 Å². The molecule has 3 rings (SSSR count). The molecule has 1 atom stereocenters. The minimum atomic E-state index is -0.213. The zero-order valence-electron chi connectivity index (χ0n) is 12.3. The molecule has 1 amide bonds. The third-order valence-corrected chi connectivity index (χ3v) is 4.14. The lowest BCUT2D eigenvalue weighted by molar-refractivity contribution is -0.132. The van der Waals surface area contributed by atoms with Crippen molar-refractivity contribution in [2.75, 3.05) is 13.1 Å². The number of nitrogens with zero attached hydrogens (tertiary/aromatic N) is 4. The van der Waals surface area contributed by atoms with Gasteiger partial charge in [0.15, 0.2) is 0 Å². The smallest absolute Gasteiger partial charge is 0.277 e. The molecule has 116 valence electrons. The zero-order valence-corrected chi connectivity index (χ0v) is 12.3. The molecule has 0 aliphatic carbocycles. The summed E-state index contributed by atoms with van der Waals surface area (Å²) in [6, 6.07) is 7.19. The summed E-state index contributed by atoms with van der Waals surface area (Å²) in [5, 5.41) is 8.44. The van der Waals surface area contributed by atoms with E-state index < -0.39 is 0 Å². The fourth-order valence-electron chi connectivity index (χ4n) is 2.92. The molecular formula is C15H19N5O2. The number of hydrogen-bond donors (Lipinski definition) is 1. The summed E-state index contributed by atoms with van der Waals surface area (Å²) in [4.78, 5) is 26.4. The van der Waals surface area contributed by atoms with E-state index in [1.54, 1.807) is 18.2 Å². The number of carbonyl (C=O) groups is 1. The van der Waals surface area contributed by atoms with Crippen LogP contribution in [0.4, 0.5) is 0 Å². The minimum Gasteiger partial charge on any atom is -0.338 e. The van der Waals surface area contributed by atoms with E-state index in [4.69, 9.17) is 5.73 Å². The molecule has 1 aliphatic rings. The number of aryl methyl sites for hydroxylation is 1. The van der Waals surface area contributed by atoms with E-state index in [0.29, 0.717) is 17.4 Å². The molecule has 2 heterocycles. The molecule has 0 radical (unpaired) electrons. The van der Waals surface area contributed by atoms with E-state index in [1.165, 1.54) is 4.68 Å². The number of aromatic nitrogens is 3. The van der Waals surface area contributed by atoms with Crippen LogP contribution in [0.15, 0.2) is 29.1 Å². The molecule has 1 aromatic heterocycles. The lowest BCUT2D eigenvalue weighted by atomic mass is 10.2. The Labute approximate surface area is 127 Å². The van der Waals surface area contributed by atoms with Gasteiger partial charge in [-0.05, 0) is 25.0 Å². The molecule has 0 bridgehead atoms. The van der Waals surface area contributed by atoms with Crippen molar-refractivity contribution in [1.29, 1.82) is 0 Å². The van der Waals surface area contributed by atoms with Gasteiger partial charge in [-0.3, -0.25) is 9.59 Å². The molecule has 7 nitrogen and oxygen atoms in total. The second-order valence-electron chi connectivity index (χ2n) is 5.50. The van der Waals surface area contributed by atoms with Crippen molar-refractivity contribution in [2.45, 2.75) is 31.8 Å². The zero-order chi connectivity index (χ0) is 15.5. The molecule has 1 unspecified atom stereocenters. The van der Waals surface area contributed by atoms with Crippen molar-refractivity contribution in [3.8, 4) is 0 Å². The normalized spacial score (nSPS) is 18.0. The Morgan fingerprint density at radius 3 is 3.00 bits per heavy atom. The van der Waals surface area contributed by atoms with Gasteiger partial charge >= 0.3 is 0 Å². The molecule has 1 aromatic carbocycles. The minimum absolute atomic E-state index is 0.0230. The average Bonchev–Trinajstić information content (AvgIpc) is 3.03. The van der Waals surface area contributed by atoms with Crippen LogP contribution in [0.3, 0.4) is 0 Å². The number of likely N-dealkylation sites (tertiary alicyclic amines) is 1. The Kier molecular flexibility index (Phi) is 4.15. The first-order valence-electron chi connectivity index (χ1n) is 7.53. The summed E-state index contributed by atoms with van der Waals surface area (Å²) in [7, 11) is 0. The first kappa shape index (κ1) is 14.6. The molecule has 7 heteroatoms. The molecule has 1 fully saturated rings. The van der Waals surface area contributed by atoms with Crippen LogP contribution in [0.25, 0.3) is 10.9 Å². The van der Waals surface area contributed by atoms with Gasteiger partial charge in [0.2, 0.25) is 5.91 Å². The van der Waals surface area contributed by atoms with Crippen molar-refractivity contribution in [1.82, 2.24) is 19.9 Å². The van der Waals surface area contributed by atoms with Crippen molar-refractivity contribution >= 4 is 16.8 Å². The van der Waals surface area contributed by atoms with Crippen molar-refractivity contribution in [2.24, 2.45) is 5.73 Å². The predicted octanol–water partition coefficient (Wildman–Crippen LogP) is 0.131.